The van der Waals surface area contributed by atoms with Crippen molar-refractivity contribution in [3.05, 3.63) is 58.4 Å². The van der Waals surface area contributed by atoms with Crippen LogP contribution in [0.3, 0.4) is 0 Å². The molecule has 0 unspecified atom stereocenters. The van der Waals surface area contributed by atoms with Gasteiger partial charge in [0.2, 0.25) is 0 Å². The largest absolute Gasteiger partial charge is 0.416 e. The first-order valence-electron chi connectivity index (χ1n) is 5.45. The van der Waals surface area contributed by atoms with E-state index in [9.17, 15) is 17.6 Å². The van der Waals surface area contributed by atoms with Crippen molar-refractivity contribution in [1.82, 2.24) is 0 Å². The predicted octanol–water partition coefficient (Wildman–Crippen LogP) is 5.15. The molecular formula is C15H7ClF4. The van der Waals surface area contributed by atoms with Crippen molar-refractivity contribution in [3.8, 4) is 23.5 Å². The summed E-state index contributed by atoms with van der Waals surface area (Å²) in [6, 6.07) is 6.58. The number of terminal acetylenes is 1. The van der Waals surface area contributed by atoms with Crippen molar-refractivity contribution in [2.45, 2.75) is 6.18 Å². The van der Waals surface area contributed by atoms with Gasteiger partial charge in [-0.25, -0.2) is 4.39 Å². The van der Waals surface area contributed by atoms with E-state index in [0.29, 0.717) is 0 Å². The maximum atomic E-state index is 13.2. The number of hydrogen-bond acceptors (Lipinski definition) is 0. The lowest BCUT2D eigenvalue weighted by Crippen LogP contribution is -2.05. The van der Waals surface area contributed by atoms with E-state index in [0.717, 1.165) is 24.3 Å². The molecule has 0 aliphatic rings. The third-order valence-corrected chi connectivity index (χ3v) is 3.00. The van der Waals surface area contributed by atoms with Crippen LogP contribution in [0.1, 0.15) is 11.1 Å². The molecule has 5 heteroatoms. The summed E-state index contributed by atoms with van der Waals surface area (Å²) < 4.78 is 51.6. The Labute approximate surface area is 118 Å². The smallest absolute Gasteiger partial charge is 0.207 e. The van der Waals surface area contributed by atoms with Crippen molar-refractivity contribution >= 4 is 11.6 Å². The quantitative estimate of drug-likeness (QED) is 0.505. The first-order valence-corrected chi connectivity index (χ1v) is 5.83. The fraction of sp³-hybridized carbons (Fsp3) is 0.0667. The Morgan fingerprint density at radius 2 is 1.75 bits per heavy atom. The molecule has 0 saturated carbocycles. The molecule has 2 aromatic rings. The lowest BCUT2D eigenvalue weighted by molar-refractivity contribution is -0.137. The molecule has 0 aromatic heterocycles. The molecule has 0 aliphatic carbocycles. The highest BCUT2D eigenvalue weighted by Crippen LogP contribution is 2.35. The Hall–Kier alpha value is -1.99. The number of rotatable bonds is 1. The molecule has 2 aromatic carbocycles. The predicted molar refractivity (Wildman–Crippen MR) is 69.8 cm³/mol. The molecule has 0 N–H and O–H groups in total. The molecule has 0 spiro atoms. The van der Waals surface area contributed by atoms with Crippen LogP contribution in [0, 0.1) is 18.2 Å². The maximum Gasteiger partial charge on any atom is 0.416 e. The normalized spacial score (nSPS) is 11.2. The van der Waals surface area contributed by atoms with Gasteiger partial charge < -0.3 is 0 Å². The van der Waals surface area contributed by atoms with Gasteiger partial charge in [0.15, 0.2) is 0 Å². The SMILES string of the molecule is C#Cc1cc(-c2cc(F)ccc2Cl)cc(C(F)(F)F)c1. The first kappa shape index (κ1) is 14.4. The van der Waals surface area contributed by atoms with Gasteiger partial charge in [-0.1, -0.05) is 17.5 Å². The van der Waals surface area contributed by atoms with Gasteiger partial charge in [0.05, 0.1) is 5.56 Å². The molecule has 0 fully saturated rings. The summed E-state index contributed by atoms with van der Waals surface area (Å²) in [6.07, 6.45) is 0.612. The molecule has 102 valence electrons. The van der Waals surface area contributed by atoms with E-state index >= 15 is 0 Å². The number of benzene rings is 2. The van der Waals surface area contributed by atoms with Crippen LogP contribution in [0.2, 0.25) is 5.02 Å². The van der Waals surface area contributed by atoms with Crippen LogP contribution in [0.4, 0.5) is 17.6 Å². The van der Waals surface area contributed by atoms with Gasteiger partial charge in [0.1, 0.15) is 5.82 Å². The van der Waals surface area contributed by atoms with Gasteiger partial charge in [-0.3, -0.25) is 0 Å². The molecule has 0 atom stereocenters. The summed E-state index contributed by atoms with van der Waals surface area (Å²) in [7, 11) is 0. The van der Waals surface area contributed by atoms with E-state index in [4.69, 9.17) is 18.0 Å². The monoisotopic (exact) mass is 298 g/mol. The van der Waals surface area contributed by atoms with E-state index < -0.39 is 17.6 Å². The van der Waals surface area contributed by atoms with Crippen LogP contribution in [0.15, 0.2) is 36.4 Å². The summed E-state index contributed by atoms with van der Waals surface area (Å²) in [6.45, 7) is 0. The van der Waals surface area contributed by atoms with Gasteiger partial charge in [-0.2, -0.15) is 13.2 Å². The molecule has 0 aliphatic heterocycles. The summed E-state index contributed by atoms with van der Waals surface area (Å²) in [4.78, 5) is 0. The number of hydrogen-bond donors (Lipinski definition) is 0. The first-order chi connectivity index (χ1) is 9.31. The van der Waals surface area contributed by atoms with Crippen LogP contribution in [-0.2, 0) is 6.18 Å². The van der Waals surface area contributed by atoms with Crippen LogP contribution in [0.5, 0.6) is 0 Å². The lowest BCUT2D eigenvalue weighted by Gasteiger charge is -2.11. The van der Waals surface area contributed by atoms with Crippen LogP contribution in [0.25, 0.3) is 11.1 Å². The van der Waals surface area contributed by atoms with Crippen molar-refractivity contribution < 1.29 is 17.6 Å². The Kier molecular flexibility index (Phi) is 3.74. The Morgan fingerprint density at radius 1 is 1.05 bits per heavy atom. The highest BCUT2D eigenvalue weighted by molar-refractivity contribution is 6.33. The Bertz CT molecular complexity index is 696. The third-order valence-electron chi connectivity index (χ3n) is 2.67. The highest BCUT2D eigenvalue weighted by Gasteiger charge is 2.31. The van der Waals surface area contributed by atoms with E-state index in [1.807, 2.05) is 0 Å². The molecule has 0 bridgehead atoms. The fourth-order valence-corrected chi connectivity index (χ4v) is 1.98. The zero-order chi connectivity index (χ0) is 14.9. The molecule has 20 heavy (non-hydrogen) atoms. The second-order valence-electron chi connectivity index (χ2n) is 4.07. The minimum Gasteiger partial charge on any atom is -0.207 e. The van der Waals surface area contributed by atoms with Gasteiger partial charge in [-0.05, 0) is 42.0 Å². The number of alkyl halides is 3. The summed E-state index contributed by atoms with van der Waals surface area (Å²) in [5, 5.41) is 0.147. The molecule has 0 heterocycles. The van der Waals surface area contributed by atoms with Gasteiger partial charge in [0, 0.05) is 16.1 Å². The molecule has 0 amide bonds. The van der Waals surface area contributed by atoms with Crippen molar-refractivity contribution in [3.63, 3.8) is 0 Å². The zero-order valence-corrected chi connectivity index (χ0v) is 10.7. The zero-order valence-electron chi connectivity index (χ0n) is 9.93. The van der Waals surface area contributed by atoms with Crippen LogP contribution < -0.4 is 0 Å². The van der Waals surface area contributed by atoms with Gasteiger partial charge in [0.25, 0.3) is 0 Å². The van der Waals surface area contributed by atoms with Crippen molar-refractivity contribution in [2.75, 3.05) is 0 Å². The minimum atomic E-state index is -4.54. The topological polar surface area (TPSA) is 0 Å². The molecule has 0 saturated heterocycles. The molecule has 0 nitrogen and oxygen atoms in total. The lowest BCUT2D eigenvalue weighted by atomic mass is 9.99. The summed E-state index contributed by atoms with van der Waals surface area (Å²) in [5.74, 6) is 1.55. The second kappa shape index (κ2) is 5.18. The summed E-state index contributed by atoms with van der Waals surface area (Å²) in [5.41, 5.74) is -0.565. The highest BCUT2D eigenvalue weighted by atomic mass is 35.5. The molecular weight excluding hydrogens is 292 g/mol. The van der Waals surface area contributed by atoms with Crippen molar-refractivity contribution in [2.24, 2.45) is 0 Å². The number of halogens is 5. The van der Waals surface area contributed by atoms with E-state index in [1.165, 1.54) is 12.1 Å². The maximum absolute atomic E-state index is 13.2. The Balaban J connectivity index is 2.68. The van der Waals surface area contributed by atoms with E-state index in [-0.39, 0.29) is 21.7 Å². The van der Waals surface area contributed by atoms with E-state index in [2.05, 4.69) is 5.92 Å². The van der Waals surface area contributed by atoms with Crippen molar-refractivity contribution in [1.29, 1.82) is 0 Å². The standard InChI is InChI=1S/C15H7ClF4/c1-2-9-5-10(7-11(6-9)15(18,19)20)13-8-12(17)3-4-14(13)16/h1,3-8H. The fourth-order valence-electron chi connectivity index (χ4n) is 1.75. The second-order valence-corrected chi connectivity index (χ2v) is 4.47. The molecule has 0 radical (unpaired) electrons. The van der Waals surface area contributed by atoms with Gasteiger partial charge >= 0.3 is 6.18 Å². The van der Waals surface area contributed by atoms with Crippen LogP contribution in [-0.4, -0.2) is 0 Å². The van der Waals surface area contributed by atoms with Gasteiger partial charge in [-0.15, -0.1) is 6.42 Å². The third kappa shape index (κ3) is 2.94. The average Bonchev–Trinajstić information content (AvgIpc) is 2.40. The average molecular weight is 299 g/mol. The van der Waals surface area contributed by atoms with E-state index in [1.54, 1.807) is 0 Å². The van der Waals surface area contributed by atoms with Crippen LogP contribution >= 0.6 is 11.6 Å². The Morgan fingerprint density at radius 3 is 2.35 bits per heavy atom. The molecule has 2 rings (SSSR count). The minimum absolute atomic E-state index is 0.0511. The summed E-state index contributed by atoms with van der Waals surface area (Å²) >= 11 is 5.89.